The van der Waals surface area contributed by atoms with Crippen molar-refractivity contribution in [2.45, 2.75) is 19.1 Å². The fraction of sp³-hybridized carbons (Fsp3) is 0.462. The Hall–Kier alpha value is -1.63. The third kappa shape index (κ3) is 2.92. The van der Waals surface area contributed by atoms with Gasteiger partial charge in [0.15, 0.2) is 0 Å². The van der Waals surface area contributed by atoms with Crippen LogP contribution < -0.4 is 5.32 Å². The molecular weight excluding hydrogens is 276 g/mol. The van der Waals surface area contributed by atoms with Crippen molar-refractivity contribution in [2.24, 2.45) is 0 Å². The van der Waals surface area contributed by atoms with Gasteiger partial charge in [-0.1, -0.05) is 0 Å². The van der Waals surface area contributed by atoms with Gasteiger partial charge >= 0.3 is 6.18 Å². The second kappa shape index (κ2) is 5.40. The Kier molecular flexibility index (Phi) is 3.99. The lowest BCUT2D eigenvalue weighted by Gasteiger charge is -2.34. The van der Waals surface area contributed by atoms with E-state index >= 15 is 0 Å². The fourth-order valence-corrected chi connectivity index (χ4v) is 2.16. The van der Waals surface area contributed by atoms with Crippen molar-refractivity contribution in [3.63, 3.8) is 0 Å². The van der Waals surface area contributed by atoms with Crippen LogP contribution in [0.5, 0.6) is 0 Å². The van der Waals surface area contributed by atoms with E-state index in [0.29, 0.717) is 37.8 Å². The highest BCUT2D eigenvalue weighted by atomic mass is 19.4. The van der Waals surface area contributed by atoms with Gasteiger partial charge < -0.3 is 10.2 Å². The third-order valence-corrected chi connectivity index (χ3v) is 3.29. The van der Waals surface area contributed by atoms with Crippen molar-refractivity contribution in [1.82, 2.24) is 10.2 Å². The van der Waals surface area contributed by atoms with Crippen LogP contribution in [0, 0.1) is 5.82 Å². The van der Waals surface area contributed by atoms with Gasteiger partial charge in [-0.15, -0.1) is 0 Å². The van der Waals surface area contributed by atoms with Gasteiger partial charge in [-0.25, -0.2) is 4.39 Å². The van der Waals surface area contributed by atoms with Gasteiger partial charge in [-0.3, -0.25) is 4.79 Å². The van der Waals surface area contributed by atoms with Gasteiger partial charge in [0.1, 0.15) is 5.82 Å². The van der Waals surface area contributed by atoms with Crippen LogP contribution in [0.25, 0.3) is 0 Å². The Balaban J connectivity index is 2.33. The minimum Gasteiger partial charge on any atom is -0.333 e. The Labute approximate surface area is 113 Å². The number of rotatable bonds is 1. The fourth-order valence-electron chi connectivity index (χ4n) is 2.16. The van der Waals surface area contributed by atoms with Crippen molar-refractivity contribution >= 4 is 5.91 Å². The van der Waals surface area contributed by atoms with E-state index in [1.807, 2.05) is 0 Å². The van der Waals surface area contributed by atoms with Crippen LogP contribution in [0.15, 0.2) is 18.2 Å². The summed E-state index contributed by atoms with van der Waals surface area (Å²) in [5.41, 5.74) is -1.56. The van der Waals surface area contributed by atoms with Crippen molar-refractivity contribution in [2.75, 3.05) is 19.6 Å². The maximum absolute atomic E-state index is 13.7. The average Bonchev–Trinajstić information content (AvgIpc) is 2.37. The number of benzene rings is 1. The molecule has 1 aromatic carbocycles. The molecule has 1 aromatic rings. The Morgan fingerprint density at radius 1 is 1.40 bits per heavy atom. The molecule has 20 heavy (non-hydrogen) atoms. The van der Waals surface area contributed by atoms with Crippen molar-refractivity contribution in [3.05, 3.63) is 35.1 Å². The SMILES string of the molecule is C[C@H]1CNCCN1C(=O)c1cc(C(F)(F)F)ccc1F. The molecule has 110 valence electrons. The molecule has 1 aliphatic rings. The molecular formula is C13H14F4N2O. The second-order valence-electron chi connectivity index (χ2n) is 4.74. The van der Waals surface area contributed by atoms with Crippen LogP contribution in [0.1, 0.15) is 22.8 Å². The largest absolute Gasteiger partial charge is 0.416 e. The summed E-state index contributed by atoms with van der Waals surface area (Å²) in [7, 11) is 0. The Bertz CT molecular complexity index is 516. The van der Waals surface area contributed by atoms with Crippen LogP contribution in [0.3, 0.4) is 0 Å². The van der Waals surface area contributed by atoms with Crippen LogP contribution in [-0.2, 0) is 6.18 Å². The van der Waals surface area contributed by atoms with E-state index in [9.17, 15) is 22.4 Å². The zero-order valence-electron chi connectivity index (χ0n) is 10.8. The molecule has 1 N–H and O–H groups in total. The minimum absolute atomic E-state index is 0.190. The Morgan fingerprint density at radius 2 is 2.10 bits per heavy atom. The normalized spacial score (nSPS) is 20.1. The van der Waals surface area contributed by atoms with Crippen LogP contribution in [0.4, 0.5) is 17.6 Å². The lowest BCUT2D eigenvalue weighted by molar-refractivity contribution is -0.137. The van der Waals surface area contributed by atoms with E-state index in [1.165, 1.54) is 4.90 Å². The lowest BCUT2D eigenvalue weighted by Crippen LogP contribution is -2.52. The van der Waals surface area contributed by atoms with E-state index in [4.69, 9.17) is 0 Å². The van der Waals surface area contributed by atoms with Crippen molar-refractivity contribution in [3.8, 4) is 0 Å². The van der Waals surface area contributed by atoms with Gasteiger partial charge in [0.05, 0.1) is 11.1 Å². The molecule has 0 aliphatic carbocycles. The summed E-state index contributed by atoms with van der Waals surface area (Å²) >= 11 is 0. The molecule has 1 heterocycles. The predicted molar refractivity (Wildman–Crippen MR) is 64.8 cm³/mol. The molecule has 0 bridgehead atoms. The number of hydrogen-bond acceptors (Lipinski definition) is 2. The molecule has 2 rings (SSSR count). The van der Waals surface area contributed by atoms with Crippen molar-refractivity contribution in [1.29, 1.82) is 0 Å². The van der Waals surface area contributed by atoms with E-state index in [2.05, 4.69) is 5.32 Å². The van der Waals surface area contributed by atoms with Crippen LogP contribution in [-0.4, -0.2) is 36.5 Å². The number of halogens is 4. The Morgan fingerprint density at radius 3 is 2.70 bits per heavy atom. The number of amides is 1. The smallest absolute Gasteiger partial charge is 0.333 e. The molecule has 3 nitrogen and oxygen atoms in total. The van der Waals surface area contributed by atoms with E-state index < -0.39 is 29.0 Å². The summed E-state index contributed by atoms with van der Waals surface area (Å²) in [6.07, 6.45) is -4.60. The number of hydrogen-bond donors (Lipinski definition) is 1. The number of nitrogens with one attached hydrogen (secondary N) is 1. The van der Waals surface area contributed by atoms with Gasteiger partial charge in [-0.05, 0) is 25.1 Å². The minimum atomic E-state index is -4.60. The topological polar surface area (TPSA) is 32.3 Å². The average molecular weight is 290 g/mol. The first-order chi connectivity index (χ1) is 9.30. The quantitative estimate of drug-likeness (QED) is 0.805. The molecule has 0 spiro atoms. The van der Waals surface area contributed by atoms with Gasteiger partial charge in [-0.2, -0.15) is 13.2 Å². The van der Waals surface area contributed by atoms with Gasteiger partial charge in [0.2, 0.25) is 0 Å². The number of nitrogens with zero attached hydrogens (tertiary/aromatic N) is 1. The van der Waals surface area contributed by atoms with Crippen LogP contribution >= 0.6 is 0 Å². The maximum Gasteiger partial charge on any atom is 0.416 e. The summed E-state index contributed by atoms with van der Waals surface area (Å²) in [5, 5.41) is 3.05. The molecule has 1 aliphatic heterocycles. The molecule has 1 amide bonds. The monoisotopic (exact) mass is 290 g/mol. The zero-order valence-corrected chi connectivity index (χ0v) is 10.8. The van der Waals surface area contributed by atoms with Gasteiger partial charge in [0.25, 0.3) is 5.91 Å². The summed E-state index contributed by atoms with van der Waals surface area (Å²) in [4.78, 5) is 13.6. The first-order valence-corrected chi connectivity index (χ1v) is 6.19. The summed E-state index contributed by atoms with van der Waals surface area (Å²) in [6, 6.07) is 1.70. The highest BCUT2D eigenvalue weighted by Crippen LogP contribution is 2.30. The molecule has 0 aromatic heterocycles. The first-order valence-electron chi connectivity index (χ1n) is 6.19. The lowest BCUT2D eigenvalue weighted by atomic mass is 10.1. The number of carbonyl (C=O) groups is 1. The highest BCUT2D eigenvalue weighted by Gasteiger charge is 2.33. The highest BCUT2D eigenvalue weighted by molar-refractivity contribution is 5.95. The first kappa shape index (κ1) is 14.8. The van der Waals surface area contributed by atoms with E-state index in [0.717, 1.165) is 0 Å². The molecule has 0 saturated carbocycles. The molecule has 0 unspecified atom stereocenters. The van der Waals surface area contributed by atoms with E-state index in [-0.39, 0.29) is 6.04 Å². The predicted octanol–water partition coefficient (Wildman–Crippen LogP) is 2.28. The second-order valence-corrected chi connectivity index (χ2v) is 4.74. The molecule has 1 fully saturated rings. The number of piperazine rings is 1. The van der Waals surface area contributed by atoms with Crippen molar-refractivity contribution < 1.29 is 22.4 Å². The molecule has 0 radical (unpaired) electrons. The maximum atomic E-state index is 13.7. The third-order valence-electron chi connectivity index (χ3n) is 3.29. The molecule has 1 atom stereocenters. The standard InChI is InChI=1S/C13H14F4N2O/c1-8-7-18-4-5-19(8)12(20)10-6-9(13(15,16)17)2-3-11(10)14/h2-3,6,8,18H,4-5,7H2,1H3/t8-/m0/s1. The summed E-state index contributed by atoms with van der Waals surface area (Å²) in [6.45, 7) is 3.17. The molecule has 7 heteroatoms. The number of alkyl halides is 3. The zero-order chi connectivity index (χ0) is 14.9. The molecule has 1 saturated heterocycles. The number of carbonyl (C=O) groups excluding carboxylic acids is 1. The summed E-state index contributed by atoms with van der Waals surface area (Å²) in [5.74, 6) is -1.64. The van der Waals surface area contributed by atoms with Crippen LogP contribution in [0.2, 0.25) is 0 Å². The summed E-state index contributed by atoms with van der Waals surface area (Å²) < 4.78 is 51.5. The van der Waals surface area contributed by atoms with E-state index in [1.54, 1.807) is 6.92 Å². The van der Waals surface area contributed by atoms with Gasteiger partial charge in [0, 0.05) is 25.7 Å².